The van der Waals surface area contributed by atoms with Crippen LogP contribution in [0.5, 0.6) is 0 Å². The first kappa shape index (κ1) is 18.4. The molecule has 1 fully saturated rings. The van der Waals surface area contributed by atoms with Gasteiger partial charge in [-0.2, -0.15) is 18.2 Å². The van der Waals surface area contributed by atoms with E-state index in [2.05, 4.69) is 4.99 Å². The molecule has 8 heteroatoms. The van der Waals surface area contributed by atoms with Crippen LogP contribution >= 0.6 is 11.8 Å². The third kappa shape index (κ3) is 4.63. The van der Waals surface area contributed by atoms with Crippen LogP contribution in [0, 0.1) is 5.82 Å². The number of halogens is 4. The number of rotatable bonds is 3. The number of anilines is 1. The topological polar surface area (TPSA) is 32.7 Å². The van der Waals surface area contributed by atoms with Crippen LogP contribution in [-0.2, 0) is 0 Å². The lowest BCUT2D eigenvalue weighted by molar-refractivity contribution is -0.133. The van der Waals surface area contributed by atoms with E-state index in [-0.39, 0.29) is 11.7 Å². The summed E-state index contributed by atoms with van der Waals surface area (Å²) in [4.78, 5) is 17.8. The molecule has 2 aromatic carbocycles. The van der Waals surface area contributed by atoms with E-state index in [4.69, 9.17) is 0 Å². The lowest BCUT2D eigenvalue weighted by Crippen LogP contribution is -2.27. The predicted octanol–water partition coefficient (Wildman–Crippen LogP) is 4.90. The highest BCUT2D eigenvalue weighted by Crippen LogP contribution is 2.37. The Balaban J connectivity index is 1.89. The Morgan fingerprint density at radius 2 is 1.77 bits per heavy atom. The molecule has 3 nitrogen and oxygen atoms in total. The highest BCUT2D eigenvalue weighted by atomic mass is 32.2. The smallest absolute Gasteiger partial charge is 0.320 e. The minimum atomic E-state index is -4.31. The fourth-order valence-corrected chi connectivity index (χ4v) is 3.79. The molecule has 3 rings (SSSR count). The predicted molar refractivity (Wildman–Crippen MR) is 94.0 cm³/mol. The SMILES string of the molecule is O=C(N=C1SC(CC(F)(F)F)CN1c1ccc(F)cc1)c1ccccc1. The third-order valence-electron chi connectivity index (χ3n) is 3.70. The molecule has 0 saturated carbocycles. The van der Waals surface area contributed by atoms with Gasteiger partial charge in [0.05, 0.1) is 6.42 Å². The first-order chi connectivity index (χ1) is 12.3. The Morgan fingerprint density at radius 3 is 2.38 bits per heavy atom. The summed E-state index contributed by atoms with van der Waals surface area (Å²) < 4.78 is 51.4. The first-order valence-corrected chi connectivity index (χ1v) is 8.64. The van der Waals surface area contributed by atoms with Gasteiger partial charge in [-0.15, -0.1) is 0 Å². The van der Waals surface area contributed by atoms with Crippen LogP contribution in [0.25, 0.3) is 0 Å². The molecule has 1 heterocycles. The molecule has 0 spiro atoms. The summed E-state index contributed by atoms with van der Waals surface area (Å²) >= 11 is 0.909. The van der Waals surface area contributed by atoms with Gasteiger partial charge >= 0.3 is 6.18 Å². The molecule has 1 atom stereocenters. The Hall–Kier alpha value is -2.35. The summed E-state index contributed by atoms with van der Waals surface area (Å²) in [5.74, 6) is -0.987. The second kappa shape index (κ2) is 7.49. The number of carbonyl (C=O) groups excluding carboxylic acids is 1. The number of amides is 1. The molecule has 1 amide bonds. The number of nitrogens with zero attached hydrogens (tertiary/aromatic N) is 2. The van der Waals surface area contributed by atoms with E-state index in [1.165, 1.54) is 29.2 Å². The van der Waals surface area contributed by atoms with Crippen LogP contribution in [0.1, 0.15) is 16.8 Å². The maximum Gasteiger partial charge on any atom is 0.390 e. The van der Waals surface area contributed by atoms with Crippen LogP contribution in [-0.4, -0.2) is 29.0 Å². The van der Waals surface area contributed by atoms with E-state index in [0.29, 0.717) is 11.3 Å². The molecule has 2 aromatic rings. The lowest BCUT2D eigenvalue weighted by Gasteiger charge is -2.18. The molecular formula is C18H14F4N2OS. The van der Waals surface area contributed by atoms with E-state index >= 15 is 0 Å². The van der Waals surface area contributed by atoms with E-state index in [1.807, 2.05) is 0 Å². The average molecular weight is 382 g/mol. The summed E-state index contributed by atoms with van der Waals surface area (Å²) in [6.45, 7) is 0.0384. The zero-order valence-electron chi connectivity index (χ0n) is 13.4. The Bertz CT molecular complexity index is 806. The van der Waals surface area contributed by atoms with Crippen LogP contribution in [0.4, 0.5) is 23.2 Å². The number of amidine groups is 1. The summed E-state index contributed by atoms with van der Waals surface area (Å²) in [6, 6.07) is 13.6. The van der Waals surface area contributed by atoms with Gasteiger partial charge in [0.15, 0.2) is 5.17 Å². The van der Waals surface area contributed by atoms with E-state index < -0.39 is 29.6 Å². The number of benzene rings is 2. The van der Waals surface area contributed by atoms with Gasteiger partial charge < -0.3 is 4.90 Å². The molecule has 1 aliphatic rings. The number of hydrogen-bond acceptors (Lipinski definition) is 2. The molecular weight excluding hydrogens is 368 g/mol. The van der Waals surface area contributed by atoms with Gasteiger partial charge in [-0.25, -0.2) is 4.39 Å². The molecule has 26 heavy (non-hydrogen) atoms. The van der Waals surface area contributed by atoms with E-state index in [9.17, 15) is 22.4 Å². The number of thioether (sulfide) groups is 1. The number of aliphatic imine (C=N–C) groups is 1. The summed E-state index contributed by atoms with van der Waals surface area (Å²) in [5, 5.41) is -0.609. The van der Waals surface area contributed by atoms with Crippen molar-refractivity contribution in [3.8, 4) is 0 Å². The maximum atomic E-state index is 13.1. The summed E-state index contributed by atoms with van der Waals surface area (Å²) in [5.41, 5.74) is 0.835. The van der Waals surface area contributed by atoms with Gasteiger partial charge in [0.25, 0.3) is 5.91 Å². The summed E-state index contributed by atoms with van der Waals surface area (Å²) in [6.07, 6.45) is -5.31. The van der Waals surface area contributed by atoms with Crippen molar-refractivity contribution < 1.29 is 22.4 Å². The fraction of sp³-hybridized carbons (Fsp3) is 0.222. The van der Waals surface area contributed by atoms with Gasteiger partial charge in [0, 0.05) is 23.0 Å². The maximum absolute atomic E-state index is 13.1. The van der Waals surface area contributed by atoms with E-state index in [0.717, 1.165) is 11.8 Å². The first-order valence-electron chi connectivity index (χ1n) is 7.76. The summed E-state index contributed by atoms with van der Waals surface area (Å²) in [7, 11) is 0. The van der Waals surface area contributed by atoms with Gasteiger partial charge in [-0.05, 0) is 36.4 Å². The van der Waals surface area contributed by atoms with Crippen LogP contribution in [0.3, 0.4) is 0 Å². The zero-order valence-corrected chi connectivity index (χ0v) is 14.2. The number of hydrogen-bond donors (Lipinski definition) is 0. The van der Waals surface area contributed by atoms with Crippen molar-refractivity contribution in [3.63, 3.8) is 0 Å². The third-order valence-corrected chi connectivity index (χ3v) is 4.88. The molecule has 0 bridgehead atoms. The Morgan fingerprint density at radius 1 is 1.12 bits per heavy atom. The van der Waals surface area contributed by atoms with Crippen molar-refractivity contribution >= 4 is 28.5 Å². The monoisotopic (exact) mass is 382 g/mol. The van der Waals surface area contributed by atoms with Crippen molar-refractivity contribution in [1.82, 2.24) is 0 Å². The van der Waals surface area contributed by atoms with Crippen molar-refractivity contribution in [2.75, 3.05) is 11.4 Å². The molecule has 0 aromatic heterocycles. The standard InChI is InChI=1S/C18H14F4N2OS/c19-13-6-8-14(9-7-13)24-11-15(10-18(20,21)22)26-17(24)23-16(25)12-4-2-1-3-5-12/h1-9,15H,10-11H2. The van der Waals surface area contributed by atoms with Gasteiger partial charge in [0.1, 0.15) is 5.82 Å². The van der Waals surface area contributed by atoms with Gasteiger partial charge in [-0.3, -0.25) is 4.79 Å². The van der Waals surface area contributed by atoms with Crippen LogP contribution in [0.2, 0.25) is 0 Å². The van der Waals surface area contributed by atoms with Crippen molar-refractivity contribution in [2.24, 2.45) is 4.99 Å². The minimum absolute atomic E-state index is 0.0384. The minimum Gasteiger partial charge on any atom is -0.320 e. The Labute approximate surface area is 151 Å². The zero-order chi connectivity index (χ0) is 18.7. The highest BCUT2D eigenvalue weighted by Gasteiger charge is 2.39. The second-order valence-electron chi connectivity index (χ2n) is 5.71. The largest absolute Gasteiger partial charge is 0.390 e. The molecule has 1 aliphatic heterocycles. The molecule has 1 saturated heterocycles. The molecule has 0 N–H and O–H groups in total. The second-order valence-corrected chi connectivity index (χ2v) is 6.98. The van der Waals surface area contributed by atoms with Gasteiger partial charge in [0.2, 0.25) is 0 Å². The van der Waals surface area contributed by atoms with E-state index in [1.54, 1.807) is 30.3 Å². The van der Waals surface area contributed by atoms with Crippen LogP contribution in [0.15, 0.2) is 59.6 Å². The van der Waals surface area contributed by atoms with Crippen molar-refractivity contribution in [3.05, 3.63) is 66.0 Å². The molecule has 0 aliphatic carbocycles. The van der Waals surface area contributed by atoms with Crippen LogP contribution < -0.4 is 4.90 Å². The quantitative estimate of drug-likeness (QED) is 0.708. The Kier molecular flexibility index (Phi) is 5.31. The fourth-order valence-electron chi connectivity index (χ4n) is 2.55. The lowest BCUT2D eigenvalue weighted by atomic mass is 10.2. The molecule has 136 valence electrons. The number of carbonyl (C=O) groups is 1. The van der Waals surface area contributed by atoms with Crippen molar-refractivity contribution in [2.45, 2.75) is 17.8 Å². The van der Waals surface area contributed by atoms with Gasteiger partial charge in [-0.1, -0.05) is 30.0 Å². The number of alkyl halides is 3. The average Bonchev–Trinajstić information content (AvgIpc) is 2.96. The molecule has 1 unspecified atom stereocenters. The molecule has 0 radical (unpaired) electrons. The highest BCUT2D eigenvalue weighted by molar-refractivity contribution is 8.15. The van der Waals surface area contributed by atoms with Crippen molar-refractivity contribution in [1.29, 1.82) is 0 Å². The normalized spacial score (nSPS) is 19.2.